The zero-order valence-corrected chi connectivity index (χ0v) is 14.3. The molecule has 1 N–H and O–H groups in total. The molecule has 7 heteroatoms. The van der Waals surface area contributed by atoms with Gasteiger partial charge in [-0.1, -0.05) is 41.9 Å². The van der Waals surface area contributed by atoms with Gasteiger partial charge in [-0.25, -0.2) is 4.68 Å². The van der Waals surface area contributed by atoms with Crippen LogP contribution in [0.5, 0.6) is 0 Å². The van der Waals surface area contributed by atoms with Crippen molar-refractivity contribution >= 4 is 39.4 Å². The Kier molecular flexibility index (Phi) is 3.97. The third-order valence-corrected chi connectivity index (χ3v) is 4.52. The zero-order chi connectivity index (χ0) is 18.3. The minimum atomic E-state index is -1.11. The summed E-state index contributed by atoms with van der Waals surface area (Å²) in [6, 6.07) is 15.1. The van der Waals surface area contributed by atoms with Gasteiger partial charge in [0.15, 0.2) is 0 Å². The van der Waals surface area contributed by atoms with Crippen LogP contribution in [0.2, 0.25) is 5.02 Å². The molecule has 6 nitrogen and oxygen atoms in total. The molecule has 2 heterocycles. The standard InChI is InChI=1S/C19H14ClN3O3/c20-13-5-3-4-12(8-13)10-22-16-7-2-1-6-14(16)15-9-21-23(11-17(24)25)19(26)18(15)22/h1-9H,10-11H2,(H,24,25). The van der Waals surface area contributed by atoms with Crippen molar-refractivity contribution in [3.63, 3.8) is 0 Å². The molecule has 0 unspecified atom stereocenters. The number of carboxylic acid groups (broad SMARTS) is 1. The monoisotopic (exact) mass is 367 g/mol. The van der Waals surface area contributed by atoms with Crippen molar-refractivity contribution in [2.75, 3.05) is 0 Å². The number of nitrogens with zero attached hydrogens (tertiary/aromatic N) is 3. The van der Waals surface area contributed by atoms with E-state index >= 15 is 0 Å². The molecule has 0 aliphatic carbocycles. The number of carboxylic acids is 1. The Labute approximate surface area is 152 Å². The number of hydrogen-bond donors (Lipinski definition) is 1. The molecule has 0 bridgehead atoms. The van der Waals surface area contributed by atoms with Crippen LogP contribution in [0.25, 0.3) is 21.8 Å². The van der Waals surface area contributed by atoms with Gasteiger partial charge < -0.3 is 9.67 Å². The predicted molar refractivity (Wildman–Crippen MR) is 99.7 cm³/mol. The fourth-order valence-electron chi connectivity index (χ4n) is 3.22. The third-order valence-electron chi connectivity index (χ3n) is 4.29. The second kappa shape index (κ2) is 6.31. The van der Waals surface area contributed by atoms with E-state index in [2.05, 4.69) is 5.10 Å². The molecular weight excluding hydrogens is 354 g/mol. The molecule has 0 amide bonds. The van der Waals surface area contributed by atoms with E-state index in [1.54, 1.807) is 12.3 Å². The maximum atomic E-state index is 12.9. The number of fused-ring (bicyclic) bond motifs is 3. The van der Waals surface area contributed by atoms with E-state index in [-0.39, 0.29) is 0 Å². The first kappa shape index (κ1) is 16.4. The summed E-state index contributed by atoms with van der Waals surface area (Å²) >= 11 is 6.08. The van der Waals surface area contributed by atoms with Crippen LogP contribution in [0.1, 0.15) is 5.56 Å². The number of rotatable bonds is 4. The van der Waals surface area contributed by atoms with Crippen LogP contribution in [0.3, 0.4) is 0 Å². The average molecular weight is 368 g/mol. The van der Waals surface area contributed by atoms with Gasteiger partial charge in [-0.15, -0.1) is 0 Å². The Morgan fingerprint density at radius 1 is 1.12 bits per heavy atom. The highest BCUT2D eigenvalue weighted by Crippen LogP contribution is 2.27. The highest BCUT2D eigenvalue weighted by atomic mass is 35.5. The molecule has 4 aromatic rings. The van der Waals surface area contributed by atoms with Gasteiger partial charge in [0, 0.05) is 27.9 Å². The Morgan fingerprint density at radius 3 is 2.69 bits per heavy atom. The first-order valence-corrected chi connectivity index (χ1v) is 8.35. The van der Waals surface area contributed by atoms with Crippen LogP contribution < -0.4 is 5.56 Å². The molecule has 0 aliphatic rings. The largest absolute Gasteiger partial charge is 0.480 e. The SMILES string of the molecule is O=C(O)Cn1ncc2c3ccccc3n(Cc3cccc(Cl)c3)c2c1=O. The van der Waals surface area contributed by atoms with Gasteiger partial charge >= 0.3 is 5.97 Å². The lowest BCUT2D eigenvalue weighted by Crippen LogP contribution is -2.27. The van der Waals surface area contributed by atoms with Crippen molar-refractivity contribution in [3.05, 3.63) is 75.7 Å². The van der Waals surface area contributed by atoms with Gasteiger partial charge in [-0.05, 0) is 23.8 Å². The maximum absolute atomic E-state index is 12.9. The second-order valence-corrected chi connectivity index (χ2v) is 6.43. The minimum Gasteiger partial charge on any atom is -0.480 e. The molecule has 26 heavy (non-hydrogen) atoms. The fourth-order valence-corrected chi connectivity index (χ4v) is 3.43. The van der Waals surface area contributed by atoms with Crippen molar-refractivity contribution in [2.24, 2.45) is 0 Å². The summed E-state index contributed by atoms with van der Waals surface area (Å²) in [5, 5.41) is 15.3. The number of hydrogen-bond acceptors (Lipinski definition) is 3. The quantitative estimate of drug-likeness (QED) is 0.601. The van der Waals surface area contributed by atoms with E-state index in [4.69, 9.17) is 16.7 Å². The van der Waals surface area contributed by atoms with E-state index in [0.717, 1.165) is 21.1 Å². The number of carbonyl (C=O) groups is 1. The van der Waals surface area contributed by atoms with E-state index in [9.17, 15) is 9.59 Å². The van der Waals surface area contributed by atoms with Crippen LogP contribution in [-0.2, 0) is 17.9 Å². The minimum absolute atomic E-state index is 0.428. The smallest absolute Gasteiger partial charge is 0.325 e. The summed E-state index contributed by atoms with van der Waals surface area (Å²) in [4.78, 5) is 23.9. The lowest BCUT2D eigenvalue weighted by atomic mass is 10.2. The highest BCUT2D eigenvalue weighted by molar-refractivity contribution is 6.30. The van der Waals surface area contributed by atoms with Crippen LogP contribution in [0, 0.1) is 0 Å². The van der Waals surface area contributed by atoms with Gasteiger partial charge in [-0.2, -0.15) is 5.10 Å². The predicted octanol–water partition coefficient (Wildman–Crippen LogP) is 3.14. The van der Waals surface area contributed by atoms with Crippen LogP contribution in [0.15, 0.2) is 59.5 Å². The number of para-hydroxylation sites is 1. The van der Waals surface area contributed by atoms with E-state index in [1.165, 1.54) is 0 Å². The molecule has 0 aliphatic heterocycles. The van der Waals surface area contributed by atoms with Crippen molar-refractivity contribution in [3.8, 4) is 0 Å². The third kappa shape index (κ3) is 2.74. The summed E-state index contributed by atoms with van der Waals surface area (Å²) in [5.74, 6) is -1.11. The molecule has 0 fully saturated rings. The maximum Gasteiger partial charge on any atom is 0.325 e. The first-order valence-electron chi connectivity index (χ1n) is 7.98. The van der Waals surface area contributed by atoms with Crippen molar-refractivity contribution in [2.45, 2.75) is 13.1 Å². The van der Waals surface area contributed by atoms with E-state index in [0.29, 0.717) is 22.5 Å². The van der Waals surface area contributed by atoms with Crippen molar-refractivity contribution in [1.29, 1.82) is 0 Å². The first-order chi connectivity index (χ1) is 12.5. The molecule has 2 aromatic heterocycles. The molecule has 4 rings (SSSR count). The van der Waals surface area contributed by atoms with E-state index in [1.807, 2.05) is 47.0 Å². The van der Waals surface area contributed by atoms with Gasteiger partial charge in [0.25, 0.3) is 5.56 Å². The molecular formula is C19H14ClN3O3. The summed E-state index contributed by atoms with van der Waals surface area (Å²) in [6.07, 6.45) is 1.55. The highest BCUT2D eigenvalue weighted by Gasteiger charge is 2.17. The number of aromatic nitrogens is 3. The van der Waals surface area contributed by atoms with Crippen molar-refractivity contribution < 1.29 is 9.90 Å². The zero-order valence-electron chi connectivity index (χ0n) is 13.6. The van der Waals surface area contributed by atoms with Crippen LogP contribution in [-0.4, -0.2) is 25.4 Å². The molecule has 0 radical (unpaired) electrons. The lowest BCUT2D eigenvalue weighted by Gasteiger charge is -2.08. The summed E-state index contributed by atoms with van der Waals surface area (Å²) in [5.41, 5.74) is 1.83. The van der Waals surface area contributed by atoms with Gasteiger partial charge in [-0.3, -0.25) is 9.59 Å². The number of benzene rings is 2. The molecule has 0 saturated heterocycles. The van der Waals surface area contributed by atoms with E-state index < -0.39 is 18.1 Å². The van der Waals surface area contributed by atoms with Gasteiger partial charge in [0.2, 0.25) is 0 Å². The number of halogens is 1. The van der Waals surface area contributed by atoms with Crippen LogP contribution in [0.4, 0.5) is 0 Å². The summed E-state index contributed by atoms with van der Waals surface area (Å²) in [6.45, 7) is -0.0373. The molecule has 0 saturated carbocycles. The van der Waals surface area contributed by atoms with Gasteiger partial charge in [0.1, 0.15) is 12.1 Å². The average Bonchev–Trinajstić information content (AvgIpc) is 2.92. The second-order valence-electron chi connectivity index (χ2n) is 6.00. The molecule has 0 spiro atoms. The Morgan fingerprint density at radius 2 is 1.92 bits per heavy atom. The Hall–Kier alpha value is -3.12. The lowest BCUT2D eigenvalue weighted by molar-refractivity contribution is -0.137. The topological polar surface area (TPSA) is 77.1 Å². The Balaban J connectivity index is 2.01. The van der Waals surface area contributed by atoms with Crippen molar-refractivity contribution in [1.82, 2.24) is 14.3 Å². The number of aliphatic carboxylic acids is 1. The molecule has 0 atom stereocenters. The normalized spacial score (nSPS) is 11.3. The van der Waals surface area contributed by atoms with Crippen LogP contribution >= 0.6 is 11.6 Å². The molecule has 130 valence electrons. The summed E-state index contributed by atoms with van der Waals surface area (Å²) in [7, 11) is 0. The molecule has 2 aromatic carbocycles. The fraction of sp³-hybridized carbons (Fsp3) is 0.105. The van der Waals surface area contributed by atoms with Gasteiger partial charge in [0.05, 0.1) is 6.20 Å². The summed E-state index contributed by atoms with van der Waals surface area (Å²) < 4.78 is 2.86. The Bertz CT molecular complexity index is 1210.